The molecule has 6 heteroatoms. The minimum atomic E-state index is -0.301. The highest BCUT2D eigenvalue weighted by Crippen LogP contribution is 2.34. The Morgan fingerprint density at radius 2 is 1.84 bits per heavy atom. The van der Waals surface area contributed by atoms with Gasteiger partial charge in [0.15, 0.2) is 5.17 Å². The molecule has 0 radical (unpaired) electrons. The van der Waals surface area contributed by atoms with E-state index in [1.807, 2.05) is 31.2 Å². The predicted molar refractivity (Wildman–Crippen MR) is 99.4 cm³/mol. The molecule has 4 nitrogen and oxygen atoms in total. The van der Waals surface area contributed by atoms with E-state index in [2.05, 4.69) is 4.99 Å². The van der Waals surface area contributed by atoms with Crippen molar-refractivity contribution in [2.24, 2.45) is 4.99 Å². The molecule has 0 saturated carbocycles. The maximum absolute atomic E-state index is 13.0. The highest BCUT2D eigenvalue weighted by atomic mass is 32.2. The lowest BCUT2D eigenvalue weighted by atomic mass is 10.2. The molecule has 0 aliphatic carbocycles. The van der Waals surface area contributed by atoms with Crippen molar-refractivity contribution < 1.29 is 13.9 Å². The predicted octanol–water partition coefficient (Wildman–Crippen LogP) is 4.46. The summed E-state index contributed by atoms with van der Waals surface area (Å²) in [7, 11) is 1.61. The molecule has 1 aliphatic heterocycles. The van der Waals surface area contributed by atoms with Crippen LogP contribution in [-0.4, -0.2) is 29.6 Å². The molecule has 1 saturated heterocycles. The van der Waals surface area contributed by atoms with E-state index in [0.29, 0.717) is 16.6 Å². The number of nitrogens with zero attached hydrogens (tertiary/aromatic N) is 2. The first-order chi connectivity index (χ1) is 12.1. The van der Waals surface area contributed by atoms with Crippen molar-refractivity contribution in [1.82, 2.24) is 4.90 Å². The molecule has 2 aromatic carbocycles. The molecule has 0 aromatic heterocycles. The highest BCUT2D eigenvalue weighted by Gasteiger charge is 2.32. The number of likely N-dealkylation sites (N-methyl/N-ethyl adjacent to an activating group) is 1. The second-order valence-corrected chi connectivity index (χ2v) is 6.31. The Hall–Kier alpha value is -2.60. The fourth-order valence-corrected chi connectivity index (χ4v) is 3.41. The summed E-state index contributed by atoms with van der Waals surface area (Å²) in [6.07, 6.45) is 1.76. The molecule has 3 rings (SSSR count). The molecule has 0 N–H and O–H groups in total. The van der Waals surface area contributed by atoms with Crippen LogP contribution in [0.2, 0.25) is 0 Å². The number of benzene rings is 2. The molecule has 0 atom stereocenters. The summed E-state index contributed by atoms with van der Waals surface area (Å²) in [4.78, 5) is 19.3. The minimum absolute atomic E-state index is 0.0934. The number of amidine groups is 1. The van der Waals surface area contributed by atoms with E-state index < -0.39 is 0 Å². The first-order valence-corrected chi connectivity index (χ1v) is 8.62. The van der Waals surface area contributed by atoms with Crippen LogP contribution in [0.5, 0.6) is 5.75 Å². The van der Waals surface area contributed by atoms with E-state index in [9.17, 15) is 9.18 Å². The normalized spacial score (nSPS) is 17.6. The van der Waals surface area contributed by atoms with Gasteiger partial charge in [-0.25, -0.2) is 9.38 Å². The standard InChI is InChI=1S/C19H17FN2O2S/c1-3-22-18(23)17(12-13-4-6-14(20)7-5-13)25-19(22)21-15-8-10-16(24-2)11-9-15/h4-12H,3H2,1-2H3/b17-12+,21-19?. The van der Waals surface area contributed by atoms with E-state index >= 15 is 0 Å². The van der Waals surface area contributed by atoms with Crippen LogP contribution in [0, 0.1) is 5.82 Å². The van der Waals surface area contributed by atoms with Gasteiger partial charge in [0.2, 0.25) is 0 Å². The topological polar surface area (TPSA) is 41.9 Å². The van der Waals surface area contributed by atoms with E-state index in [1.165, 1.54) is 23.9 Å². The average molecular weight is 356 g/mol. The van der Waals surface area contributed by atoms with Gasteiger partial charge in [0.25, 0.3) is 5.91 Å². The number of amides is 1. The van der Waals surface area contributed by atoms with Gasteiger partial charge in [-0.1, -0.05) is 12.1 Å². The van der Waals surface area contributed by atoms with Gasteiger partial charge in [-0.05, 0) is 66.7 Å². The van der Waals surface area contributed by atoms with Crippen LogP contribution < -0.4 is 4.74 Å². The van der Waals surface area contributed by atoms with Crippen LogP contribution in [0.1, 0.15) is 12.5 Å². The third kappa shape index (κ3) is 3.91. The number of ether oxygens (including phenoxy) is 1. The van der Waals surface area contributed by atoms with Gasteiger partial charge in [-0.15, -0.1) is 0 Å². The van der Waals surface area contributed by atoms with Crippen LogP contribution in [0.4, 0.5) is 10.1 Å². The molecular formula is C19H17FN2O2S. The Morgan fingerprint density at radius 1 is 1.16 bits per heavy atom. The van der Waals surface area contributed by atoms with Crippen molar-refractivity contribution in [3.8, 4) is 5.75 Å². The van der Waals surface area contributed by atoms with Crippen LogP contribution in [0.3, 0.4) is 0 Å². The van der Waals surface area contributed by atoms with Crippen LogP contribution in [0.15, 0.2) is 58.4 Å². The van der Waals surface area contributed by atoms with Gasteiger partial charge in [0.05, 0.1) is 17.7 Å². The zero-order valence-corrected chi connectivity index (χ0v) is 14.7. The SMILES string of the molecule is CCN1C(=O)/C(=C\c2ccc(F)cc2)SC1=Nc1ccc(OC)cc1. The fraction of sp³-hybridized carbons (Fsp3) is 0.158. The summed E-state index contributed by atoms with van der Waals surface area (Å²) in [6.45, 7) is 2.43. The fourth-order valence-electron chi connectivity index (χ4n) is 2.35. The number of carbonyl (C=O) groups is 1. The summed E-state index contributed by atoms with van der Waals surface area (Å²) in [5.41, 5.74) is 1.52. The number of halogens is 1. The van der Waals surface area contributed by atoms with E-state index in [0.717, 1.165) is 17.0 Å². The zero-order valence-electron chi connectivity index (χ0n) is 13.9. The Bertz CT molecular complexity index is 830. The van der Waals surface area contributed by atoms with Crippen molar-refractivity contribution >= 4 is 34.6 Å². The molecule has 0 bridgehead atoms. The maximum atomic E-state index is 13.0. The molecule has 2 aromatic rings. The van der Waals surface area contributed by atoms with Crippen LogP contribution in [-0.2, 0) is 4.79 Å². The highest BCUT2D eigenvalue weighted by molar-refractivity contribution is 8.18. The molecular weight excluding hydrogens is 339 g/mol. The maximum Gasteiger partial charge on any atom is 0.266 e. The number of methoxy groups -OCH3 is 1. The summed E-state index contributed by atoms with van der Waals surface area (Å²) >= 11 is 1.32. The first-order valence-electron chi connectivity index (χ1n) is 7.80. The lowest BCUT2D eigenvalue weighted by Gasteiger charge is -2.12. The molecule has 0 unspecified atom stereocenters. The molecule has 128 valence electrons. The molecule has 1 amide bonds. The third-order valence-electron chi connectivity index (χ3n) is 3.67. The Balaban J connectivity index is 1.88. The minimum Gasteiger partial charge on any atom is -0.497 e. The molecule has 25 heavy (non-hydrogen) atoms. The molecule has 1 aliphatic rings. The largest absolute Gasteiger partial charge is 0.497 e. The number of aliphatic imine (C=N–C) groups is 1. The quantitative estimate of drug-likeness (QED) is 0.760. The van der Waals surface area contributed by atoms with Crippen molar-refractivity contribution in [3.63, 3.8) is 0 Å². The van der Waals surface area contributed by atoms with Crippen LogP contribution in [0.25, 0.3) is 6.08 Å². The van der Waals surface area contributed by atoms with Crippen molar-refractivity contribution in [2.75, 3.05) is 13.7 Å². The average Bonchev–Trinajstić information content (AvgIpc) is 2.92. The lowest BCUT2D eigenvalue weighted by Crippen LogP contribution is -2.28. The molecule has 0 spiro atoms. The first kappa shape index (κ1) is 17.2. The van der Waals surface area contributed by atoms with Gasteiger partial charge in [0, 0.05) is 6.54 Å². The lowest BCUT2D eigenvalue weighted by molar-refractivity contribution is -0.122. The summed E-state index contributed by atoms with van der Waals surface area (Å²) in [5.74, 6) is 0.358. The molecule has 1 heterocycles. The van der Waals surface area contributed by atoms with Gasteiger partial charge in [0.1, 0.15) is 11.6 Å². The molecule has 1 fully saturated rings. The second kappa shape index (κ2) is 7.53. The Kier molecular flexibility index (Phi) is 5.19. The Labute approximate surface area is 150 Å². The third-order valence-corrected chi connectivity index (χ3v) is 4.68. The number of carbonyl (C=O) groups excluding carboxylic acids is 1. The number of hydrogen-bond donors (Lipinski definition) is 0. The van der Waals surface area contributed by atoms with Gasteiger partial charge >= 0.3 is 0 Å². The van der Waals surface area contributed by atoms with Crippen molar-refractivity contribution in [2.45, 2.75) is 6.92 Å². The van der Waals surface area contributed by atoms with E-state index in [-0.39, 0.29) is 11.7 Å². The van der Waals surface area contributed by atoms with Crippen LogP contribution >= 0.6 is 11.8 Å². The smallest absolute Gasteiger partial charge is 0.266 e. The van der Waals surface area contributed by atoms with Crippen molar-refractivity contribution in [1.29, 1.82) is 0 Å². The van der Waals surface area contributed by atoms with E-state index in [4.69, 9.17) is 4.74 Å². The summed E-state index contributed by atoms with van der Waals surface area (Å²) < 4.78 is 18.2. The van der Waals surface area contributed by atoms with Crippen molar-refractivity contribution in [3.05, 3.63) is 64.8 Å². The number of hydrogen-bond acceptors (Lipinski definition) is 4. The number of thioether (sulfide) groups is 1. The zero-order chi connectivity index (χ0) is 17.8. The van der Waals surface area contributed by atoms with Gasteiger partial charge in [-0.2, -0.15) is 0 Å². The second-order valence-electron chi connectivity index (χ2n) is 5.30. The monoisotopic (exact) mass is 356 g/mol. The Morgan fingerprint density at radius 3 is 2.44 bits per heavy atom. The van der Waals surface area contributed by atoms with Gasteiger partial charge < -0.3 is 4.74 Å². The number of rotatable bonds is 4. The van der Waals surface area contributed by atoms with E-state index in [1.54, 1.807) is 30.2 Å². The summed E-state index contributed by atoms with van der Waals surface area (Å²) in [5, 5.41) is 0.631. The van der Waals surface area contributed by atoms with Gasteiger partial charge in [-0.3, -0.25) is 9.69 Å². The summed E-state index contributed by atoms with van der Waals surface area (Å²) in [6, 6.07) is 13.4.